The molecule has 0 saturated heterocycles. The predicted molar refractivity (Wildman–Crippen MR) is 53.8 cm³/mol. The first kappa shape index (κ1) is 9.45. The molecular weight excluding hydrogens is 196 g/mol. The number of rotatable bonds is 1. The van der Waals surface area contributed by atoms with Crippen LogP contribution < -0.4 is 10.2 Å². The maximum Gasteiger partial charge on any atom is 0.308 e. The van der Waals surface area contributed by atoms with Crippen molar-refractivity contribution >= 4 is 16.9 Å². The third-order valence-corrected chi connectivity index (χ3v) is 1.89. The highest BCUT2D eigenvalue weighted by molar-refractivity contribution is 5.79. The molecule has 15 heavy (non-hydrogen) atoms. The molecule has 0 N–H and O–H groups in total. The molecule has 0 radical (unpaired) electrons. The van der Waals surface area contributed by atoms with E-state index in [1.54, 1.807) is 12.1 Å². The smallest absolute Gasteiger partial charge is 0.308 e. The van der Waals surface area contributed by atoms with E-state index in [9.17, 15) is 9.59 Å². The lowest BCUT2D eigenvalue weighted by molar-refractivity contribution is -0.131. The van der Waals surface area contributed by atoms with Crippen molar-refractivity contribution in [2.75, 3.05) is 0 Å². The summed E-state index contributed by atoms with van der Waals surface area (Å²) >= 11 is 0. The molecule has 0 fully saturated rings. The summed E-state index contributed by atoms with van der Waals surface area (Å²) in [7, 11) is 0. The molecule has 1 aromatic carbocycles. The number of ether oxygens (including phenoxy) is 1. The highest BCUT2D eigenvalue weighted by Gasteiger charge is 2.03. The summed E-state index contributed by atoms with van der Waals surface area (Å²) in [6.07, 6.45) is 1.31. The summed E-state index contributed by atoms with van der Waals surface area (Å²) in [5.74, 6) is -0.0445. The Kier molecular flexibility index (Phi) is 2.25. The molecule has 2 aromatic rings. The second-order valence-corrected chi connectivity index (χ2v) is 3.04. The van der Waals surface area contributed by atoms with E-state index in [1.807, 2.05) is 0 Å². The highest BCUT2D eigenvalue weighted by Crippen LogP contribution is 2.18. The van der Waals surface area contributed by atoms with Crippen LogP contribution in [0.3, 0.4) is 0 Å². The van der Waals surface area contributed by atoms with Gasteiger partial charge in [0.25, 0.3) is 0 Å². The lowest BCUT2D eigenvalue weighted by atomic mass is 10.2. The number of fused-ring (bicyclic) bond motifs is 1. The van der Waals surface area contributed by atoms with Crippen molar-refractivity contribution in [2.24, 2.45) is 0 Å². The zero-order valence-electron chi connectivity index (χ0n) is 8.02. The first-order valence-corrected chi connectivity index (χ1v) is 4.37. The van der Waals surface area contributed by atoms with E-state index >= 15 is 0 Å². The molecule has 0 aliphatic heterocycles. The van der Waals surface area contributed by atoms with Gasteiger partial charge in [0.15, 0.2) is 5.43 Å². The third-order valence-electron chi connectivity index (χ3n) is 1.89. The van der Waals surface area contributed by atoms with Crippen molar-refractivity contribution < 1.29 is 13.9 Å². The van der Waals surface area contributed by atoms with E-state index in [4.69, 9.17) is 9.15 Å². The van der Waals surface area contributed by atoms with E-state index in [0.717, 1.165) is 0 Å². The first-order chi connectivity index (χ1) is 7.16. The predicted octanol–water partition coefficient (Wildman–Crippen LogP) is 1.72. The first-order valence-electron chi connectivity index (χ1n) is 4.37. The van der Waals surface area contributed by atoms with Crippen molar-refractivity contribution in [2.45, 2.75) is 6.92 Å². The van der Waals surface area contributed by atoms with Crippen molar-refractivity contribution in [3.63, 3.8) is 0 Å². The lowest BCUT2D eigenvalue weighted by Gasteiger charge is -2.01. The fourth-order valence-corrected chi connectivity index (χ4v) is 1.29. The van der Waals surface area contributed by atoms with Crippen LogP contribution in [0.15, 0.2) is 39.7 Å². The zero-order valence-corrected chi connectivity index (χ0v) is 8.02. The molecule has 4 nitrogen and oxygen atoms in total. The van der Waals surface area contributed by atoms with Crippen molar-refractivity contribution in [3.8, 4) is 5.75 Å². The summed E-state index contributed by atoms with van der Waals surface area (Å²) in [6.45, 7) is 1.31. The summed E-state index contributed by atoms with van der Waals surface area (Å²) in [5.41, 5.74) is 0.284. The van der Waals surface area contributed by atoms with Crippen LogP contribution in [0.4, 0.5) is 0 Å². The van der Waals surface area contributed by atoms with E-state index in [2.05, 4.69) is 0 Å². The number of benzene rings is 1. The van der Waals surface area contributed by atoms with Gasteiger partial charge in [-0.1, -0.05) is 0 Å². The van der Waals surface area contributed by atoms with Crippen LogP contribution in [0.2, 0.25) is 0 Å². The van der Waals surface area contributed by atoms with Crippen LogP contribution in [-0.4, -0.2) is 5.97 Å². The Morgan fingerprint density at radius 2 is 2.13 bits per heavy atom. The Balaban J connectivity index is 2.57. The van der Waals surface area contributed by atoms with Crippen LogP contribution in [-0.2, 0) is 4.79 Å². The van der Waals surface area contributed by atoms with E-state index in [1.165, 1.54) is 25.3 Å². The van der Waals surface area contributed by atoms with Gasteiger partial charge < -0.3 is 9.15 Å². The topological polar surface area (TPSA) is 56.5 Å². The molecule has 2 rings (SSSR count). The molecular formula is C11H8O4. The molecule has 0 amide bonds. The molecule has 1 heterocycles. The van der Waals surface area contributed by atoms with Crippen LogP contribution in [0.1, 0.15) is 6.92 Å². The third kappa shape index (κ3) is 1.88. The van der Waals surface area contributed by atoms with Gasteiger partial charge in [-0.3, -0.25) is 9.59 Å². The van der Waals surface area contributed by atoms with Crippen LogP contribution in [0, 0.1) is 0 Å². The second kappa shape index (κ2) is 3.57. The zero-order chi connectivity index (χ0) is 10.8. The maximum absolute atomic E-state index is 11.3. The fourth-order valence-electron chi connectivity index (χ4n) is 1.29. The van der Waals surface area contributed by atoms with Gasteiger partial charge in [-0.25, -0.2) is 0 Å². The molecule has 76 valence electrons. The maximum atomic E-state index is 11.3. The van der Waals surface area contributed by atoms with Gasteiger partial charge in [-0.15, -0.1) is 0 Å². The number of hydrogen-bond donors (Lipinski definition) is 0. The minimum Gasteiger partial charge on any atom is -0.464 e. The summed E-state index contributed by atoms with van der Waals surface area (Å²) in [6, 6.07) is 5.98. The van der Waals surface area contributed by atoms with Crippen molar-refractivity contribution in [1.82, 2.24) is 0 Å². The quantitative estimate of drug-likeness (QED) is 0.524. The van der Waals surface area contributed by atoms with Crippen LogP contribution in [0.5, 0.6) is 5.75 Å². The van der Waals surface area contributed by atoms with E-state index in [-0.39, 0.29) is 5.43 Å². The van der Waals surface area contributed by atoms with Crippen molar-refractivity contribution in [3.05, 3.63) is 40.8 Å². The fraction of sp³-hybridized carbons (Fsp3) is 0.0909. The van der Waals surface area contributed by atoms with Crippen molar-refractivity contribution in [1.29, 1.82) is 0 Å². The Labute approximate surface area is 85.1 Å². The molecule has 4 heteroatoms. The van der Waals surface area contributed by atoms with Gasteiger partial charge in [0, 0.05) is 19.1 Å². The average molecular weight is 204 g/mol. The average Bonchev–Trinajstić information content (AvgIpc) is 2.17. The Bertz CT molecular complexity index is 568. The Morgan fingerprint density at radius 3 is 2.87 bits per heavy atom. The van der Waals surface area contributed by atoms with Gasteiger partial charge in [-0.05, 0) is 12.1 Å². The Morgan fingerprint density at radius 1 is 1.33 bits per heavy atom. The molecule has 1 aromatic heterocycles. The van der Waals surface area contributed by atoms with Crippen LogP contribution in [0.25, 0.3) is 11.0 Å². The monoisotopic (exact) mass is 204 g/mol. The van der Waals surface area contributed by atoms with E-state index in [0.29, 0.717) is 16.7 Å². The van der Waals surface area contributed by atoms with Gasteiger partial charge >= 0.3 is 5.97 Å². The summed E-state index contributed by atoms with van der Waals surface area (Å²) in [5, 5.41) is 0.466. The number of carbonyl (C=O) groups is 1. The molecule has 0 saturated carbocycles. The number of esters is 1. The van der Waals surface area contributed by atoms with Gasteiger partial charge in [0.05, 0.1) is 11.6 Å². The molecule has 0 bridgehead atoms. The normalized spacial score (nSPS) is 10.2. The number of hydrogen-bond acceptors (Lipinski definition) is 4. The molecule has 0 atom stereocenters. The lowest BCUT2D eigenvalue weighted by Crippen LogP contribution is -2.02. The molecule has 0 aliphatic rings. The minimum absolute atomic E-state index is 0.120. The van der Waals surface area contributed by atoms with Crippen LogP contribution >= 0.6 is 0 Å². The minimum atomic E-state index is -0.410. The molecule has 0 unspecified atom stereocenters. The summed E-state index contributed by atoms with van der Waals surface area (Å²) < 4.78 is 9.98. The largest absolute Gasteiger partial charge is 0.464 e. The highest BCUT2D eigenvalue weighted by atomic mass is 16.5. The number of carbonyl (C=O) groups excluding carboxylic acids is 1. The van der Waals surface area contributed by atoms with Gasteiger partial charge in [0.1, 0.15) is 11.3 Å². The summed E-state index contributed by atoms with van der Waals surface area (Å²) in [4.78, 5) is 22.0. The van der Waals surface area contributed by atoms with Gasteiger partial charge in [-0.2, -0.15) is 0 Å². The standard InChI is InChI=1S/C11H8O4/c1-7(12)15-8-2-3-9-10(13)4-5-14-11(9)6-8/h2-6H,1H3. The second-order valence-electron chi connectivity index (χ2n) is 3.04. The van der Waals surface area contributed by atoms with E-state index < -0.39 is 5.97 Å². The molecule has 0 spiro atoms. The van der Waals surface area contributed by atoms with Gasteiger partial charge in [0.2, 0.25) is 0 Å². The molecule has 0 aliphatic carbocycles. The Hall–Kier alpha value is -2.10. The SMILES string of the molecule is CC(=O)Oc1ccc2c(=O)ccoc2c1.